The molecule has 1 atom stereocenters. The van der Waals surface area contributed by atoms with Crippen LogP contribution in [-0.4, -0.2) is 31.6 Å². The highest BCUT2D eigenvalue weighted by atomic mass is 35.5. The lowest BCUT2D eigenvalue weighted by Gasteiger charge is -2.18. The van der Waals surface area contributed by atoms with Gasteiger partial charge in [0, 0.05) is 34.5 Å². The van der Waals surface area contributed by atoms with E-state index in [0.717, 1.165) is 33.9 Å². The van der Waals surface area contributed by atoms with Crippen LogP contribution in [0.1, 0.15) is 28.4 Å². The van der Waals surface area contributed by atoms with Crippen molar-refractivity contribution in [2.75, 3.05) is 18.8 Å². The van der Waals surface area contributed by atoms with E-state index in [1.165, 1.54) is 5.41 Å². The van der Waals surface area contributed by atoms with Crippen LogP contribution in [0, 0.1) is 6.92 Å². The van der Waals surface area contributed by atoms with Crippen molar-refractivity contribution in [3.63, 3.8) is 0 Å². The summed E-state index contributed by atoms with van der Waals surface area (Å²) >= 11 is 8.08. The van der Waals surface area contributed by atoms with E-state index in [4.69, 9.17) is 11.6 Å². The number of hydrogen-bond acceptors (Lipinski definition) is 3. The molecule has 0 N–H and O–H groups in total. The van der Waals surface area contributed by atoms with Crippen LogP contribution in [0.25, 0.3) is 6.08 Å². The van der Waals surface area contributed by atoms with Gasteiger partial charge in [0.2, 0.25) is 10.0 Å². The fourth-order valence-corrected chi connectivity index (χ4v) is 5.84. The maximum Gasteiger partial charge on any atom is 0.236 e. The molecule has 3 nitrogen and oxygen atoms in total. The molecular formula is C20H22ClNO2S2. The molecule has 0 aliphatic carbocycles. The maximum absolute atomic E-state index is 12.7. The SMILES string of the molecule is Cc1ccc(/C=C/S(=O)(=O)N2CCSC(c3ccccc3Cl)CC2)cc1. The Morgan fingerprint density at radius 2 is 1.85 bits per heavy atom. The fourth-order valence-electron chi connectivity index (χ4n) is 2.92. The Balaban J connectivity index is 1.69. The van der Waals surface area contributed by atoms with Gasteiger partial charge in [-0.15, -0.1) is 0 Å². The van der Waals surface area contributed by atoms with Gasteiger partial charge in [-0.05, 0) is 36.6 Å². The third kappa shape index (κ3) is 4.92. The van der Waals surface area contributed by atoms with Crippen LogP contribution < -0.4 is 0 Å². The summed E-state index contributed by atoms with van der Waals surface area (Å²) in [5.41, 5.74) is 3.13. The maximum atomic E-state index is 12.7. The summed E-state index contributed by atoms with van der Waals surface area (Å²) in [6.07, 6.45) is 2.42. The molecule has 0 aromatic heterocycles. The van der Waals surface area contributed by atoms with Gasteiger partial charge in [-0.2, -0.15) is 16.1 Å². The van der Waals surface area contributed by atoms with E-state index in [2.05, 4.69) is 0 Å². The smallest absolute Gasteiger partial charge is 0.208 e. The molecule has 1 heterocycles. The van der Waals surface area contributed by atoms with Crippen molar-refractivity contribution in [3.05, 3.63) is 75.7 Å². The lowest BCUT2D eigenvalue weighted by molar-refractivity contribution is 0.435. The monoisotopic (exact) mass is 407 g/mol. The first-order valence-corrected chi connectivity index (χ1v) is 11.5. The minimum atomic E-state index is -3.42. The van der Waals surface area contributed by atoms with Crippen molar-refractivity contribution in [1.82, 2.24) is 4.31 Å². The molecule has 0 saturated carbocycles. The van der Waals surface area contributed by atoms with Crippen LogP contribution in [0.4, 0.5) is 0 Å². The Kier molecular flexibility index (Phi) is 6.46. The zero-order valence-corrected chi connectivity index (χ0v) is 17.0. The summed E-state index contributed by atoms with van der Waals surface area (Å²) in [6.45, 7) is 3.03. The van der Waals surface area contributed by atoms with E-state index in [1.54, 1.807) is 22.1 Å². The van der Waals surface area contributed by atoms with Crippen LogP contribution in [0.15, 0.2) is 53.9 Å². The van der Waals surface area contributed by atoms with Crippen LogP contribution in [0.5, 0.6) is 0 Å². The zero-order chi connectivity index (χ0) is 18.6. The molecule has 138 valence electrons. The molecule has 1 fully saturated rings. The van der Waals surface area contributed by atoms with Crippen molar-refractivity contribution < 1.29 is 8.42 Å². The Morgan fingerprint density at radius 1 is 1.12 bits per heavy atom. The third-order valence-electron chi connectivity index (χ3n) is 4.42. The van der Waals surface area contributed by atoms with Crippen molar-refractivity contribution in [2.24, 2.45) is 0 Å². The zero-order valence-electron chi connectivity index (χ0n) is 14.6. The highest BCUT2D eigenvalue weighted by Crippen LogP contribution is 2.38. The predicted molar refractivity (Wildman–Crippen MR) is 112 cm³/mol. The molecule has 0 spiro atoms. The number of halogens is 1. The highest BCUT2D eigenvalue weighted by Gasteiger charge is 2.26. The molecule has 0 radical (unpaired) electrons. The van der Waals surface area contributed by atoms with Crippen molar-refractivity contribution >= 4 is 39.5 Å². The van der Waals surface area contributed by atoms with Gasteiger partial charge in [0.1, 0.15) is 0 Å². The normalized spacial score (nSPS) is 19.5. The number of rotatable bonds is 4. The van der Waals surface area contributed by atoms with E-state index in [-0.39, 0.29) is 5.25 Å². The van der Waals surface area contributed by atoms with E-state index in [0.29, 0.717) is 13.1 Å². The molecule has 0 amide bonds. The average Bonchev–Trinajstić information content (AvgIpc) is 2.88. The van der Waals surface area contributed by atoms with Crippen LogP contribution in [-0.2, 0) is 10.0 Å². The lowest BCUT2D eigenvalue weighted by Crippen LogP contribution is -2.31. The molecule has 3 rings (SSSR count). The van der Waals surface area contributed by atoms with Crippen LogP contribution in [0.2, 0.25) is 5.02 Å². The fraction of sp³-hybridized carbons (Fsp3) is 0.300. The van der Waals surface area contributed by atoms with Crippen molar-refractivity contribution in [1.29, 1.82) is 0 Å². The number of aryl methyl sites for hydroxylation is 1. The van der Waals surface area contributed by atoms with Crippen LogP contribution >= 0.6 is 23.4 Å². The molecule has 26 heavy (non-hydrogen) atoms. The second kappa shape index (κ2) is 8.61. The summed E-state index contributed by atoms with van der Waals surface area (Å²) in [4.78, 5) is 0. The molecular weight excluding hydrogens is 386 g/mol. The Bertz CT molecular complexity index is 879. The second-order valence-electron chi connectivity index (χ2n) is 6.33. The summed E-state index contributed by atoms with van der Waals surface area (Å²) < 4.78 is 27.0. The Morgan fingerprint density at radius 3 is 2.58 bits per heavy atom. The average molecular weight is 408 g/mol. The Labute approximate surface area is 165 Å². The van der Waals surface area contributed by atoms with E-state index in [9.17, 15) is 8.42 Å². The quantitative estimate of drug-likeness (QED) is 0.705. The molecule has 0 bridgehead atoms. The molecule has 2 aromatic rings. The second-order valence-corrected chi connectivity index (χ2v) is 9.86. The van der Waals surface area contributed by atoms with Crippen LogP contribution in [0.3, 0.4) is 0 Å². The van der Waals surface area contributed by atoms with Crippen molar-refractivity contribution in [2.45, 2.75) is 18.6 Å². The standard InChI is InChI=1S/C20H22ClNO2S2/c1-16-6-8-17(9-7-16)11-15-26(23,24)22-12-10-20(25-14-13-22)18-4-2-3-5-19(18)21/h2-9,11,15,20H,10,12-14H2,1H3/b15-11+. The third-order valence-corrected chi connectivity index (χ3v) is 7.64. The van der Waals surface area contributed by atoms with Gasteiger partial charge < -0.3 is 0 Å². The summed E-state index contributed by atoms with van der Waals surface area (Å²) in [5, 5.41) is 2.29. The number of benzene rings is 2. The minimum Gasteiger partial charge on any atom is -0.208 e. The van der Waals surface area contributed by atoms with Crippen molar-refractivity contribution in [3.8, 4) is 0 Å². The number of thioether (sulfide) groups is 1. The molecule has 1 aliphatic heterocycles. The van der Waals surface area contributed by atoms with Gasteiger partial charge >= 0.3 is 0 Å². The van der Waals surface area contributed by atoms with Gasteiger partial charge in [-0.3, -0.25) is 0 Å². The molecule has 6 heteroatoms. The van der Waals surface area contributed by atoms with Gasteiger partial charge in [0.25, 0.3) is 0 Å². The summed E-state index contributed by atoms with van der Waals surface area (Å²) in [5.74, 6) is 0.757. The van der Waals surface area contributed by atoms with Gasteiger partial charge in [-0.25, -0.2) is 8.42 Å². The summed E-state index contributed by atoms with van der Waals surface area (Å²) in [6, 6.07) is 15.6. The molecule has 2 aromatic carbocycles. The van der Waals surface area contributed by atoms with Gasteiger partial charge in [-0.1, -0.05) is 59.6 Å². The number of sulfonamides is 1. The van der Waals surface area contributed by atoms with E-state index >= 15 is 0 Å². The minimum absolute atomic E-state index is 0.227. The summed E-state index contributed by atoms with van der Waals surface area (Å²) in [7, 11) is -3.42. The molecule has 1 saturated heterocycles. The molecule has 1 aliphatic rings. The molecule has 1 unspecified atom stereocenters. The van der Waals surface area contributed by atoms with Gasteiger partial charge in [0.05, 0.1) is 0 Å². The Hall–Kier alpha value is -1.27. The number of nitrogens with zero attached hydrogens (tertiary/aromatic N) is 1. The van der Waals surface area contributed by atoms with E-state index < -0.39 is 10.0 Å². The topological polar surface area (TPSA) is 37.4 Å². The number of hydrogen-bond donors (Lipinski definition) is 0. The van der Waals surface area contributed by atoms with E-state index in [1.807, 2.05) is 55.5 Å². The first kappa shape index (κ1) is 19.5. The lowest BCUT2D eigenvalue weighted by atomic mass is 10.1. The highest BCUT2D eigenvalue weighted by molar-refractivity contribution is 7.99. The van der Waals surface area contributed by atoms with Gasteiger partial charge in [0.15, 0.2) is 0 Å². The first-order valence-electron chi connectivity index (χ1n) is 8.57. The first-order chi connectivity index (χ1) is 12.5. The largest absolute Gasteiger partial charge is 0.236 e. The predicted octanol–water partition coefficient (Wildman–Crippen LogP) is 5.13.